The molecule has 3 aromatic rings. The number of carbonyl (C=O) groups is 2. The van der Waals surface area contributed by atoms with Crippen LogP contribution >= 0.6 is 11.3 Å². The summed E-state index contributed by atoms with van der Waals surface area (Å²) in [5.74, 6) is 0.435. The molecule has 1 aliphatic rings. The van der Waals surface area contributed by atoms with Gasteiger partial charge in [0.1, 0.15) is 12.4 Å². The molecule has 3 heterocycles. The van der Waals surface area contributed by atoms with Crippen LogP contribution in [0.1, 0.15) is 32.8 Å². The lowest BCUT2D eigenvalue weighted by Gasteiger charge is -2.23. The molecule has 0 spiro atoms. The van der Waals surface area contributed by atoms with Crippen LogP contribution in [0.4, 0.5) is 0 Å². The number of benzene rings is 1. The van der Waals surface area contributed by atoms with Crippen molar-refractivity contribution in [1.82, 2.24) is 19.8 Å². The highest BCUT2D eigenvalue weighted by molar-refractivity contribution is 7.07. The van der Waals surface area contributed by atoms with Gasteiger partial charge in [-0.3, -0.25) is 14.6 Å². The summed E-state index contributed by atoms with van der Waals surface area (Å²) in [6.45, 7) is 2.51. The number of nitrogens with zero attached hydrogens (tertiary/aromatic N) is 4. The molecule has 2 aromatic heterocycles. The predicted molar refractivity (Wildman–Crippen MR) is 114 cm³/mol. The molecule has 0 N–H and O–H groups in total. The lowest BCUT2D eigenvalue weighted by molar-refractivity contribution is 0.0716. The van der Waals surface area contributed by atoms with Crippen molar-refractivity contribution >= 4 is 23.2 Å². The lowest BCUT2D eigenvalue weighted by Crippen LogP contribution is -2.37. The Hall–Kier alpha value is -3.26. The molecule has 0 atom stereocenters. The van der Waals surface area contributed by atoms with Crippen LogP contribution in [-0.2, 0) is 6.61 Å². The van der Waals surface area contributed by atoms with Gasteiger partial charge in [0.05, 0.1) is 16.8 Å². The first kappa shape index (κ1) is 20.0. The minimum absolute atomic E-state index is 0.0290. The minimum atomic E-state index is -0.0814. The average molecular weight is 423 g/mol. The first-order valence-electron chi connectivity index (χ1n) is 9.80. The van der Waals surface area contributed by atoms with E-state index < -0.39 is 0 Å². The Bertz CT molecular complexity index is 995. The van der Waals surface area contributed by atoms with Crippen molar-refractivity contribution in [3.8, 4) is 5.75 Å². The van der Waals surface area contributed by atoms with Gasteiger partial charge in [-0.25, -0.2) is 4.98 Å². The number of thiazole rings is 1. The molecule has 1 aliphatic heterocycles. The summed E-state index contributed by atoms with van der Waals surface area (Å²) < 4.78 is 5.87. The van der Waals surface area contributed by atoms with Gasteiger partial charge in [0.25, 0.3) is 11.8 Å². The van der Waals surface area contributed by atoms with Gasteiger partial charge in [0, 0.05) is 49.5 Å². The Labute approximate surface area is 178 Å². The summed E-state index contributed by atoms with van der Waals surface area (Å²) in [6.07, 6.45) is 3.96. The molecule has 154 valence electrons. The van der Waals surface area contributed by atoms with Crippen LogP contribution in [0.2, 0.25) is 0 Å². The van der Waals surface area contributed by atoms with Crippen LogP contribution < -0.4 is 4.74 Å². The molecule has 0 aliphatic carbocycles. The van der Waals surface area contributed by atoms with Gasteiger partial charge in [-0.2, -0.15) is 0 Å². The number of hydrogen-bond donors (Lipinski definition) is 0. The monoisotopic (exact) mass is 422 g/mol. The summed E-state index contributed by atoms with van der Waals surface area (Å²) in [5.41, 5.74) is 3.74. The highest BCUT2D eigenvalue weighted by atomic mass is 32.1. The Morgan fingerprint density at radius 2 is 1.70 bits per heavy atom. The molecule has 0 unspecified atom stereocenters. The number of pyridine rings is 1. The van der Waals surface area contributed by atoms with Crippen molar-refractivity contribution in [2.24, 2.45) is 0 Å². The van der Waals surface area contributed by atoms with Gasteiger partial charge < -0.3 is 14.5 Å². The van der Waals surface area contributed by atoms with Gasteiger partial charge in [0.15, 0.2) is 0 Å². The fourth-order valence-electron chi connectivity index (χ4n) is 3.40. The molecular formula is C22H22N4O3S. The van der Waals surface area contributed by atoms with Gasteiger partial charge in [-0.05, 0) is 30.7 Å². The van der Waals surface area contributed by atoms with Crippen molar-refractivity contribution in [3.05, 3.63) is 76.5 Å². The van der Waals surface area contributed by atoms with Crippen LogP contribution in [0, 0.1) is 0 Å². The largest absolute Gasteiger partial charge is 0.486 e. The number of hydrogen-bond acceptors (Lipinski definition) is 6. The molecular weight excluding hydrogens is 400 g/mol. The number of ether oxygens (including phenoxy) is 1. The van der Waals surface area contributed by atoms with E-state index in [9.17, 15) is 9.59 Å². The summed E-state index contributed by atoms with van der Waals surface area (Å²) in [6, 6.07) is 10.7. The van der Waals surface area contributed by atoms with Crippen LogP contribution in [-0.4, -0.2) is 57.8 Å². The average Bonchev–Trinajstić information content (AvgIpc) is 3.20. The normalized spacial score (nSPS) is 14.3. The van der Waals surface area contributed by atoms with E-state index in [1.165, 1.54) is 11.3 Å². The van der Waals surface area contributed by atoms with Crippen LogP contribution in [0.15, 0.2) is 59.7 Å². The summed E-state index contributed by atoms with van der Waals surface area (Å²) in [5, 5.41) is 1.92. The quantitative estimate of drug-likeness (QED) is 0.632. The molecule has 0 radical (unpaired) electrons. The zero-order chi connectivity index (χ0) is 20.8. The van der Waals surface area contributed by atoms with Crippen molar-refractivity contribution in [1.29, 1.82) is 0 Å². The smallest absolute Gasteiger partial charge is 0.257 e. The third-order valence-electron chi connectivity index (χ3n) is 4.97. The molecule has 0 bridgehead atoms. The standard InChI is InChI=1S/C22H22N4O3S/c27-21(17-6-8-23-9-7-17)25-10-3-11-26(13-12-25)22(28)19-4-1-2-5-20(19)29-14-18-15-30-16-24-18/h1-2,4-9,15-16H,3,10-14H2. The number of amides is 2. The van der Waals surface area contributed by atoms with E-state index in [0.29, 0.717) is 49.7 Å². The maximum absolute atomic E-state index is 13.2. The Balaban J connectivity index is 1.42. The molecule has 0 saturated carbocycles. The molecule has 30 heavy (non-hydrogen) atoms. The minimum Gasteiger partial charge on any atom is -0.486 e. The number of para-hydroxylation sites is 1. The number of carbonyl (C=O) groups excluding carboxylic acids is 2. The van der Waals surface area contributed by atoms with E-state index >= 15 is 0 Å². The third kappa shape index (κ3) is 4.65. The highest BCUT2D eigenvalue weighted by Gasteiger charge is 2.25. The Morgan fingerprint density at radius 1 is 0.967 bits per heavy atom. The van der Waals surface area contributed by atoms with Crippen LogP contribution in [0.5, 0.6) is 5.75 Å². The van der Waals surface area contributed by atoms with Gasteiger partial charge in [0.2, 0.25) is 0 Å². The van der Waals surface area contributed by atoms with Crippen molar-refractivity contribution < 1.29 is 14.3 Å². The third-order valence-corrected chi connectivity index (χ3v) is 5.61. The molecule has 2 amide bonds. The second kappa shape index (κ2) is 9.49. The first-order valence-corrected chi connectivity index (χ1v) is 10.7. The second-order valence-electron chi connectivity index (χ2n) is 6.94. The number of aromatic nitrogens is 2. The fraction of sp³-hybridized carbons (Fsp3) is 0.273. The second-order valence-corrected chi connectivity index (χ2v) is 7.66. The number of rotatable bonds is 5. The zero-order valence-corrected chi connectivity index (χ0v) is 17.3. The molecule has 1 aromatic carbocycles. The fourth-order valence-corrected chi connectivity index (χ4v) is 3.94. The van der Waals surface area contributed by atoms with E-state index in [-0.39, 0.29) is 11.8 Å². The predicted octanol–water partition coefficient (Wildman–Crippen LogP) is 3.11. The van der Waals surface area contributed by atoms with Gasteiger partial charge >= 0.3 is 0 Å². The molecule has 1 saturated heterocycles. The first-order chi connectivity index (χ1) is 14.7. The van der Waals surface area contributed by atoms with Crippen molar-refractivity contribution in [2.75, 3.05) is 26.2 Å². The summed E-state index contributed by atoms with van der Waals surface area (Å²) in [4.78, 5) is 37.7. The van der Waals surface area contributed by atoms with E-state index in [4.69, 9.17) is 4.74 Å². The highest BCUT2D eigenvalue weighted by Crippen LogP contribution is 2.22. The Morgan fingerprint density at radius 3 is 2.43 bits per heavy atom. The van der Waals surface area contributed by atoms with Gasteiger partial charge in [-0.1, -0.05) is 12.1 Å². The van der Waals surface area contributed by atoms with Crippen LogP contribution in [0.3, 0.4) is 0 Å². The molecule has 8 heteroatoms. The van der Waals surface area contributed by atoms with Gasteiger partial charge in [-0.15, -0.1) is 11.3 Å². The molecule has 4 rings (SSSR count). The van der Waals surface area contributed by atoms with Crippen molar-refractivity contribution in [2.45, 2.75) is 13.0 Å². The van der Waals surface area contributed by atoms with Crippen LogP contribution in [0.25, 0.3) is 0 Å². The molecule has 7 nitrogen and oxygen atoms in total. The van der Waals surface area contributed by atoms with E-state index in [2.05, 4.69) is 9.97 Å². The summed E-state index contributed by atoms with van der Waals surface area (Å²) in [7, 11) is 0. The topological polar surface area (TPSA) is 75.6 Å². The molecule has 1 fully saturated rings. The zero-order valence-electron chi connectivity index (χ0n) is 16.4. The SMILES string of the molecule is O=C(c1ccncc1)N1CCCN(C(=O)c2ccccc2OCc2cscn2)CC1. The van der Waals surface area contributed by atoms with E-state index in [1.807, 2.05) is 17.5 Å². The van der Waals surface area contributed by atoms with E-state index in [1.54, 1.807) is 52.0 Å². The Kier molecular flexibility index (Phi) is 6.34. The maximum atomic E-state index is 13.2. The van der Waals surface area contributed by atoms with E-state index in [0.717, 1.165) is 12.1 Å². The van der Waals surface area contributed by atoms with Crippen molar-refractivity contribution in [3.63, 3.8) is 0 Å². The summed E-state index contributed by atoms with van der Waals surface area (Å²) >= 11 is 1.51. The maximum Gasteiger partial charge on any atom is 0.257 e. The lowest BCUT2D eigenvalue weighted by atomic mass is 10.1.